The first-order valence-electron chi connectivity index (χ1n) is 8.12. The van der Waals surface area contributed by atoms with Crippen LogP contribution in [0.1, 0.15) is 56.7 Å². The minimum absolute atomic E-state index is 0.526. The summed E-state index contributed by atoms with van der Waals surface area (Å²) >= 11 is 0. The maximum Gasteiger partial charge on any atom is 0.119 e. The summed E-state index contributed by atoms with van der Waals surface area (Å²) in [5.41, 5.74) is 2.97. The van der Waals surface area contributed by atoms with E-state index in [0.717, 1.165) is 17.6 Å². The van der Waals surface area contributed by atoms with Gasteiger partial charge in [-0.05, 0) is 54.4 Å². The average Bonchev–Trinajstić information content (AvgIpc) is 2.86. The van der Waals surface area contributed by atoms with Gasteiger partial charge >= 0.3 is 0 Å². The van der Waals surface area contributed by atoms with Crippen LogP contribution in [-0.4, -0.2) is 13.2 Å². The summed E-state index contributed by atoms with van der Waals surface area (Å²) in [6, 6.07) is 7.77. The SMILES string of the molecule is COc1ccc2c(c1)C(NC1CCCC(C)C1C)CC2. The van der Waals surface area contributed by atoms with Crippen LogP contribution in [0.3, 0.4) is 0 Å². The molecule has 0 aliphatic heterocycles. The number of fused-ring (bicyclic) bond motifs is 1. The third-order valence-corrected chi connectivity index (χ3v) is 5.55. The molecule has 1 aromatic rings. The van der Waals surface area contributed by atoms with Crippen molar-refractivity contribution in [2.24, 2.45) is 11.8 Å². The molecule has 0 bridgehead atoms. The zero-order valence-corrected chi connectivity index (χ0v) is 13.0. The molecule has 2 nitrogen and oxygen atoms in total. The summed E-state index contributed by atoms with van der Waals surface area (Å²) in [5, 5.41) is 3.95. The van der Waals surface area contributed by atoms with Gasteiger partial charge in [0, 0.05) is 12.1 Å². The third kappa shape index (κ3) is 2.58. The Morgan fingerprint density at radius 3 is 2.80 bits per heavy atom. The summed E-state index contributed by atoms with van der Waals surface area (Å²) in [6.07, 6.45) is 6.55. The molecule has 1 N–H and O–H groups in total. The number of nitrogens with one attached hydrogen (secondary N) is 1. The lowest BCUT2D eigenvalue weighted by atomic mass is 9.77. The molecule has 2 aliphatic rings. The Morgan fingerprint density at radius 2 is 2.00 bits per heavy atom. The molecule has 0 aromatic heterocycles. The molecule has 0 amide bonds. The average molecular weight is 273 g/mol. The Labute approximate surface area is 122 Å². The van der Waals surface area contributed by atoms with Crippen molar-refractivity contribution in [2.45, 2.75) is 58.0 Å². The Kier molecular flexibility index (Phi) is 4.02. The molecule has 1 saturated carbocycles. The number of benzene rings is 1. The standard InChI is InChI=1S/C18H27NO/c1-12-5-4-6-17(13(12)2)19-18-10-8-14-7-9-15(20-3)11-16(14)18/h7,9,11-13,17-19H,4-6,8,10H2,1-3H3. The summed E-state index contributed by atoms with van der Waals surface area (Å²) in [4.78, 5) is 0. The molecule has 0 saturated heterocycles. The fourth-order valence-corrected chi connectivity index (χ4v) is 3.96. The van der Waals surface area contributed by atoms with Crippen molar-refractivity contribution in [2.75, 3.05) is 7.11 Å². The summed E-state index contributed by atoms with van der Waals surface area (Å²) in [6.45, 7) is 4.83. The van der Waals surface area contributed by atoms with Gasteiger partial charge in [0.15, 0.2) is 0 Å². The summed E-state index contributed by atoms with van der Waals surface area (Å²) in [7, 11) is 1.75. The van der Waals surface area contributed by atoms with Crippen LogP contribution < -0.4 is 10.1 Å². The predicted octanol–water partition coefficient (Wildman–Crippen LogP) is 4.10. The van der Waals surface area contributed by atoms with E-state index in [-0.39, 0.29) is 0 Å². The highest BCUT2D eigenvalue weighted by Gasteiger charge is 2.31. The van der Waals surface area contributed by atoms with Gasteiger partial charge in [0.1, 0.15) is 5.75 Å². The lowest BCUT2D eigenvalue weighted by Gasteiger charge is -2.36. The van der Waals surface area contributed by atoms with Gasteiger partial charge < -0.3 is 10.1 Å². The molecule has 0 spiro atoms. The lowest BCUT2D eigenvalue weighted by Crippen LogP contribution is -2.41. The zero-order valence-electron chi connectivity index (χ0n) is 13.0. The van der Waals surface area contributed by atoms with Crippen LogP contribution in [0.2, 0.25) is 0 Å². The first kappa shape index (κ1) is 13.9. The summed E-state index contributed by atoms with van der Waals surface area (Å²) < 4.78 is 5.39. The van der Waals surface area contributed by atoms with E-state index in [4.69, 9.17) is 4.74 Å². The van der Waals surface area contributed by atoms with Gasteiger partial charge in [0.25, 0.3) is 0 Å². The fourth-order valence-electron chi connectivity index (χ4n) is 3.96. The molecule has 3 rings (SSSR count). The molecule has 4 unspecified atom stereocenters. The highest BCUT2D eigenvalue weighted by atomic mass is 16.5. The van der Waals surface area contributed by atoms with E-state index >= 15 is 0 Å². The summed E-state index contributed by atoms with van der Waals surface area (Å²) in [5.74, 6) is 2.63. The van der Waals surface area contributed by atoms with Gasteiger partial charge in [0.05, 0.1) is 7.11 Å². The number of hydrogen-bond donors (Lipinski definition) is 1. The Hall–Kier alpha value is -1.02. The fraction of sp³-hybridized carbons (Fsp3) is 0.667. The van der Waals surface area contributed by atoms with Crippen molar-refractivity contribution in [3.8, 4) is 5.75 Å². The van der Waals surface area contributed by atoms with E-state index < -0.39 is 0 Å². The van der Waals surface area contributed by atoms with Crippen LogP contribution in [0.5, 0.6) is 5.75 Å². The van der Waals surface area contributed by atoms with Crippen molar-refractivity contribution < 1.29 is 4.74 Å². The zero-order chi connectivity index (χ0) is 14.1. The Bertz CT molecular complexity index is 470. The number of ether oxygens (including phenoxy) is 1. The minimum Gasteiger partial charge on any atom is -0.497 e. The van der Waals surface area contributed by atoms with Crippen LogP contribution in [0.15, 0.2) is 18.2 Å². The van der Waals surface area contributed by atoms with Crippen molar-refractivity contribution in [3.05, 3.63) is 29.3 Å². The van der Waals surface area contributed by atoms with Crippen molar-refractivity contribution in [3.63, 3.8) is 0 Å². The lowest BCUT2D eigenvalue weighted by molar-refractivity contribution is 0.193. The molecule has 1 aromatic carbocycles. The van der Waals surface area contributed by atoms with Crippen LogP contribution in [0.25, 0.3) is 0 Å². The van der Waals surface area contributed by atoms with Crippen molar-refractivity contribution >= 4 is 0 Å². The molecule has 0 radical (unpaired) electrons. The van der Waals surface area contributed by atoms with E-state index in [1.165, 1.54) is 43.2 Å². The maximum atomic E-state index is 5.39. The van der Waals surface area contributed by atoms with Crippen molar-refractivity contribution in [1.82, 2.24) is 5.32 Å². The monoisotopic (exact) mass is 273 g/mol. The van der Waals surface area contributed by atoms with Crippen LogP contribution in [-0.2, 0) is 6.42 Å². The van der Waals surface area contributed by atoms with Gasteiger partial charge in [-0.15, -0.1) is 0 Å². The Morgan fingerprint density at radius 1 is 1.15 bits per heavy atom. The van der Waals surface area contributed by atoms with Gasteiger partial charge in [-0.3, -0.25) is 0 Å². The maximum absolute atomic E-state index is 5.39. The molecule has 20 heavy (non-hydrogen) atoms. The molecule has 1 fully saturated rings. The van der Waals surface area contributed by atoms with Gasteiger partial charge in [-0.2, -0.15) is 0 Å². The topological polar surface area (TPSA) is 21.3 Å². The predicted molar refractivity (Wildman–Crippen MR) is 83.2 cm³/mol. The van der Waals surface area contributed by atoms with E-state index in [0.29, 0.717) is 12.1 Å². The second-order valence-corrected chi connectivity index (χ2v) is 6.70. The van der Waals surface area contributed by atoms with E-state index in [1.54, 1.807) is 7.11 Å². The largest absolute Gasteiger partial charge is 0.497 e. The van der Waals surface area contributed by atoms with E-state index in [1.807, 2.05) is 0 Å². The third-order valence-electron chi connectivity index (χ3n) is 5.55. The first-order valence-corrected chi connectivity index (χ1v) is 8.12. The van der Waals surface area contributed by atoms with E-state index in [2.05, 4.69) is 37.4 Å². The molecule has 2 heteroatoms. The quantitative estimate of drug-likeness (QED) is 0.895. The Balaban J connectivity index is 1.74. The minimum atomic E-state index is 0.526. The van der Waals surface area contributed by atoms with Gasteiger partial charge in [0.2, 0.25) is 0 Å². The molecular formula is C18H27NO. The molecule has 0 heterocycles. The van der Waals surface area contributed by atoms with Crippen LogP contribution >= 0.6 is 0 Å². The highest BCUT2D eigenvalue weighted by molar-refractivity contribution is 5.40. The molecular weight excluding hydrogens is 246 g/mol. The smallest absolute Gasteiger partial charge is 0.119 e. The highest BCUT2D eigenvalue weighted by Crippen LogP contribution is 2.37. The van der Waals surface area contributed by atoms with Crippen molar-refractivity contribution in [1.29, 1.82) is 0 Å². The van der Waals surface area contributed by atoms with Crippen LogP contribution in [0.4, 0.5) is 0 Å². The van der Waals surface area contributed by atoms with E-state index in [9.17, 15) is 0 Å². The van der Waals surface area contributed by atoms with Gasteiger partial charge in [-0.25, -0.2) is 0 Å². The number of hydrogen-bond acceptors (Lipinski definition) is 2. The second-order valence-electron chi connectivity index (χ2n) is 6.70. The number of rotatable bonds is 3. The van der Waals surface area contributed by atoms with Crippen LogP contribution in [0, 0.1) is 11.8 Å². The molecule has 2 aliphatic carbocycles. The second kappa shape index (κ2) is 5.77. The number of methoxy groups -OCH3 is 1. The number of aryl methyl sites for hydroxylation is 1. The van der Waals surface area contributed by atoms with Gasteiger partial charge in [-0.1, -0.05) is 32.8 Å². The molecule has 4 atom stereocenters. The first-order chi connectivity index (χ1) is 9.69. The molecule has 110 valence electrons. The normalized spacial score (nSPS) is 33.0.